The van der Waals surface area contributed by atoms with Crippen LogP contribution in [-0.2, 0) is 19.7 Å². The summed E-state index contributed by atoms with van der Waals surface area (Å²) < 4.78 is 23.4. The van der Waals surface area contributed by atoms with Gasteiger partial charge in [0.25, 0.3) is 0 Å². The van der Waals surface area contributed by atoms with Crippen LogP contribution >= 0.6 is 0 Å². The summed E-state index contributed by atoms with van der Waals surface area (Å²) in [6.07, 6.45) is 1.46. The third kappa shape index (κ3) is 2.83. The molecule has 0 aromatic heterocycles. The minimum Gasteiger partial charge on any atom is -0.468 e. The van der Waals surface area contributed by atoms with Gasteiger partial charge in [-0.05, 0) is 36.5 Å². The van der Waals surface area contributed by atoms with E-state index >= 15 is 0 Å². The zero-order chi connectivity index (χ0) is 14.6. The molecular weight excluding hydrogens is 261 g/mol. The van der Waals surface area contributed by atoms with E-state index in [1.165, 1.54) is 19.2 Å². The molecule has 0 aliphatic carbocycles. The summed E-state index contributed by atoms with van der Waals surface area (Å²) >= 11 is 0. The lowest BCUT2D eigenvalue weighted by atomic mass is 9.73. The Hall–Kier alpha value is -1.46. The molecule has 0 amide bonds. The first-order chi connectivity index (χ1) is 9.62. The molecule has 1 aromatic rings. The van der Waals surface area contributed by atoms with Gasteiger partial charge in [-0.1, -0.05) is 12.1 Å². The van der Waals surface area contributed by atoms with Crippen LogP contribution in [0.3, 0.4) is 0 Å². The SMILES string of the molecule is COC(=O)C(CN)(CC1CCOC1)c1ccc(F)cc1. The normalized spacial score (nSPS) is 21.4. The summed E-state index contributed by atoms with van der Waals surface area (Å²) in [5.74, 6) is -0.449. The van der Waals surface area contributed by atoms with Gasteiger partial charge < -0.3 is 15.2 Å². The minimum absolute atomic E-state index is 0.127. The van der Waals surface area contributed by atoms with Gasteiger partial charge in [-0.15, -0.1) is 0 Å². The number of nitrogens with two attached hydrogens (primary N) is 1. The van der Waals surface area contributed by atoms with Crippen molar-refractivity contribution in [2.75, 3.05) is 26.9 Å². The fourth-order valence-corrected chi connectivity index (χ4v) is 2.80. The van der Waals surface area contributed by atoms with Crippen LogP contribution in [0.5, 0.6) is 0 Å². The lowest BCUT2D eigenvalue weighted by Gasteiger charge is -2.32. The van der Waals surface area contributed by atoms with Crippen molar-refractivity contribution in [3.63, 3.8) is 0 Å². The van der Waals surface area contributed by atoms with E-state index in [2.05, 4.69) is 0 Å². The number of esters is 1. The summed E-state index contributed by atoms with van der Waals surface area (Å²) in [6.45, 7) is 1.46. The molecule has 1 aromatic carbocycles. The number of ether oxygens (including phenoxy) is 2. The molecule has 2 unspecified atom stereocenters. The zero-order valence-electron chi connectivity index (χ0n) is 11.6. The number of methoxy groups -OCH3 is 1. The molecule has 2 rings (SSSR count). The molecule has 5 heteroatoms. The number of carbonyl (C=O) groups excluding carboxylic acids is 1. The Labute approximate surface area is 118 Å². The third-order valence-corrected chi connectivity index (χ3v) is 3.98. The largest absolute Gasteiger partial charge is 0.468 e. The van der Waals surface area contributed by atoms with Crippen molar-refractivity contribution in [3.8, 4) is 0 Å². The average molecular weight is 281 g/mol. The van der Waals surface area contributed by atoms with Crippen LogP contribution in [0, 0.1) is 11.7 Å². The molecular formula is C15H20FNO3. The molecule has 0 radical (unpaired) electrons. The second kappa shape index (κ2) is 6.33. The fraction of sp³-hybridized carbons (Fsp3) is 0.533. The molecule has 1 aliphatic rings. The van der Waals surface area contributed by atoms with E-state index in [9.17, 15) is 9.18 Å². The van der Waals surface area contributed by atoms with Crippen LogP contribution in [0.15, 0.2) is 24.3 Å². The van der Waals surface area contributed by atoms with Crippen LogP contribution in [0.2, 0.25) is 0 Å². The maximum atomic E-state index is 13.1. The Morgan fingerprint density at radius 1 is 1.50 bits per heavy atom. The van der Waals surface area contributed by atoms with Crippen molar-refractivity contribution < 1.29 is 18.7 Å². The molecule has 0 saturated carbocycles. The van der Waals surface area contributed by atoms with Gasteiger partial charge in [-0.2, -0.15) is 0 Å². The Balaban J connectivity index is 2.35. The van der Waals surface area contributed by atoms with Gasteiger partial charge in [-0.3, -0.25) is 4.79 Å². The van der Waals surface area contributed by atoms with Crippen LogP contribution in [0.25, 0.3) is 0 Å². The zero-order valence-corrected chi connectivity index (χ0v) is 11.6. The van der Waals surface area contributed by atoms with Crippen molar-refractivity contribution in [2.24, 2.45) is 11.7 Å². The molecule has 1 heterocycles. The Kier molecular flexibility index (Phi) is 4.73. The molecule has 1 aliphatic heterocycles. The van der Waals surface area contributed by atoms with Gasteiger partial charge in [0.2, 0.25) is 0 Å². The fourth-order valence-electron chi connectivity index (χ4n) is 2.80. The van der Waals surface area contributed by atoms with Crippen LogP contribution in [-0.4, -0.2) is 32.8 Å². The van der Waals surface area contributed by atoms with Crippen molar-refractivity contribution in [3.05, 3.63) is 35.6 Å². The highest BCUT2D eigenvalue weighted by atomic mass is 19.1. The van der Waals surface area contributed by atoms with Crippen molar-refractivity contribution in [1.82, 2.24) is 0 Å². The molecule has 1 fully saturated rings. The highest BCUT2D eigenvalue weighted by molar-refractivity contribution is 5.83. The van der Waals surface area contributed by atoms with E-state index in [-0.39, 0.29) is 24.2 Å². The van der Waals surface area contributed by atoms with Crippen LogP contribution in [0.1, 0.15) is 18.4 Å². The molecule has 0 bridgehead atoms. The molecule has 1 saturated heterocycles. The van der Waals surface area contributed by atoms with E-state index in [0.29, 0.717) is 25.2 Å². The first kappa shape index (κ1) is 14.9. The summed E-state index contributed by atoms with van der Waals surface area (Å²) in [7, 11) is 1.35. The third-order valence-electron chi connectivity index (χ3n) is 3.98. The Morgan fingerprint density at radius 3 is 2.70 bits per heavy atom. The molecule has 2 N–H and O–H groups in total. The second-order valence-corrected chi connectivity index (χ2v) is 5.22. The van der Waals surface area contributed by atoms with Gasteiger partial charge in [0, 0.05) is 19.8 Å². The molecule has 4 nitrogen and oxygen atoms in total. The highest BCUT2D eigenvalue weighted by Gasteiger charge is 2.42. The highest BCUT2D eigenvalue weighted by Crippen LogP contribution is 2.35. The standard InChI is InChI=1S/C15H20FNO3/c1-19-14(18)15(10-17,8-11-6-7-20-9-11)12-2-4-13(16)5-3-12/h2-5,11H,6-10,17H2,1H3. The maximum Gasteiger partial charge on any atom is 0.317 e. The monoisotopic (exact) mass is 281 g/mol. The van der Waals surface area contributed by atoms with Crippen LogP contribution < -0.4 is 5.73 Å². The first-order valence-corrected chi connectivity index (χ1v) is 6.74. The van der Waals surface area contributed by atoms with Crippen LogP contribution in [0.4, 0.5) is 4.39 Å². The first-order valence-electron chi connectivity index (χ1n) is 6.74. The number of halogens is 1. The minimum atomic E-state index is -0.930. The van der Waals surface area contributed by atoms with E-state index in [4.69, 9.17) is 15.2 Å². The maximum absolute atomic E-state index is 13.1. The van der Waals surface area contributed by atoms with Crippen molar-refractivity contribution in [1.29, 1.82) is 0 Å². The van der Waals surface area contributed by atoms with Gasteiger partial charge in [0.05, 0.1) is 7.11 Å². The Morgan fingerprint density at radius 2 is 2.20 bits per heavy atom. The van der Waals surface area contributed by atoms with Crippen molar-refractivity contribution in [2.45, 2.75) is 18.3 Å². The molecule has 110 valence electrons. The Bertz CT molecular complexity index is 457. The lowest BCUT2D eigenvalue weighted by molar-refractivity contribution is -0.148. The van der Waals surface area contributed by atoms with E-state index < -0.39 is 5.41 Å². The summed E-state index contributed by atoms with van der Waals surface area (Å²) in [4.78, 5) is 12.3. The second-order valence-electron chi connectivity index (χ2n) is 5.22. The number of hydrogen-bond acceptors (Lipinski definition) is 4. The van der Waals surface area contributed by atoms with Gasteiger partial charge in [0.1, 0.15) is 11.2 Å². The number of carbonyl (C=O) groups is 1. The lowest BCUT2D eigenvalue weighted by Crippen LogP contribution is -2.45. The van der Waals surface area contributed by atoms with Gasteiger partial charge >= 0.3 is 5.97 Å². The van der Waals surface area contributed by atoms with E-state index in [1.54, 1.807) is 12.1 Å². The number of hydrogen-bond donors (Lipinski definition) is 1. The molecule has 2 atom stereocenters. The molecule has 20 heavy (non-hydrogen) atoms. The summed E-state index contributed by atoms with van der Waals surface area (Å²) in [5, 5.41) is 0. The smallest absolute Gasteiger partial charge is 0.317 e. The average Bonchev–Trinajstić information content (AvgIpc) is 2.98. The van der Waals surface area contributed by atoms with E-state index in [0.717, 1.165) is 6.42 Å². The van der Waals surface area contributed by atoms with Gasteiger partial charge in [-0.25, -0.2) is 4.39 Å². The van der Waals surface area contributed by atoms with Crippen molar-refractivity contribution >= 4 is 5.97 Å². The van der Waals surface area contributed by atoms with E-state index in [1.807, 2.05) is 0 Å². The van der Waals surface area contributed by atoms with Gasteiger partial charge in [0.15, 0.2) is 0 Å². The predicted octanol–water partition coefficient (Wildman–Crippen LogP) is 1.62. The predicted molar refractivity (Wildman–Crippen MR) is 72.7 cm³/mol. The molecule has 0 spiro atoms. The quantitative estimate of drug-likeness (QED) is 0.833. The topological polar surface area (TPSA) is 61.5 Å². The number of rotatable bonds is 5. The number of benzene rings is 1. The summed E-state index contributed by atoms with van der Waals surface area (Å²) in [5.41, 5.74) is 5.66. The summed E-state index contributed by atoms with van der Waals surface area (Å²) in [6, 6.07) is 5.89.